The number of carbonyl (C=O) groups excluding carboxylic acids is 1. The highest BCUT2D eigenvalue weighted by Gasteiger charge is 2.00. The van der Waals surface area contributed by atoms with Crippen LogP contribution < -0.4 is 5.32 Å². The molecule has 1 aromatic carbocycles. The van der Waals surface area contributed by atoms with Gasteiger partial charge in [-0.3, -0.25) is 4.79 Å². The van der Waals surface area contributed by atoms with E-state index in [4.69, 9.17) is 0 Å². The Kier molecular flexibility index (Phi) is 3.26. The summed E-state index contributed by atoms with van der Waals surface area (Å²) in [7, 11) is 0. The molecule has 0 aliphatic rings. The highest BCUT2D eigenvalue weighted by atomic mass is 16.1. The molecule has 0 bridgehead atoms. The van der Waals surface area contributed by atoms with Gasteiger partial charge in [-0.25, -0.2) is 0 Å². The van der Waals surface area contributed by atoms with Gasteiger partial charge in [0, 0.05) is 5.56 Å². The number of amides is 1. The first kappa shape index (κ1) is 9.52. The smallest absolute Gasteiger partial charge is 0.255 e. The SMILES string of the molecule is C/C=C\NC(=O)c1ccc(C)cc1. The van der Waals surface area contributed by atoms with Crippen molar-refractivity contribution in [1.29, 1.82) is 0 Å². The fraction of sp³-hybridized carbons (Fsp3) is 0.182. The van der Waals surface area contributed by atoms with Gasteiger partial charge >= 0.3 is 0 Å². The summed E-state index contributed by atoms with van der Waals surface area (Å²) < 4.78 is 0. The zero-order chi connectivity index (χ0) is 9.68. The molecule has 0 aromatic heterocycles. The van der Waals surface area contributed by atoms with Crippen molar-refractivity contribution < 1.29 is 4.79 Å². The lowest BCUT2D eigenvalue weighted by atomic mass is 10.1. The number of hydrogen-bond acceptors (Lipinski definition) is 1. The van der Waals surface area contributed by atoms with Gasteiger partial charge in [0.05, 0.1) is 0 Å². The highest BCUT2D eigenvalue weighted by Crippen LogP contribution is 2.02. The molecule has 0 heterocycles. The molecular weight excluding hydrogens is 162 g/mol. The van der Waals surface area contributed by atoms with Crippen LogP contribution in [-0.2, 0) is 0 Å². The van der Waals surface area contributed by atoms with Crippen molar-refractivity contribution >= 4 is 5.91 Å². The Morgan fingerprint density at radius 1 is 1.31 bits per heavy atom. The van der Waals surface area contributed by atoms with Gasteiger partial charge in [-0.15, -0.1) is 0 Å². The van der Waals surface area contributed by atoms with E-state index in [9.17, 15) is 4.79 Å². The first-order valence-corrected chi connectivity index (χ1v) is 4.22. The van der Waals surface area contributed by atoms with E-state index in [1.165, 1.54) is 0 Å². The van der Waals surface area contributed by atoms with E-state index >= 15 is 0 Å². The lowest BCUT2D eigenvalue weighted by molar-refractivity contribution is 0.0970. The molecule has 2 heteroatoms. The third-order valence-electron chi connectivity index (χ3n) is 1.69. The van der Waals surface area contributed by atoms with Crippen LogP contribution in [0.4, 0.5) is 0 Å². The van der Waals surface area contributed by atoms with Crippen molar-refractivity contribution in [3.8, 4) is 0 Å². The summed E-state index contributed by atoms with van der Waals surface area (Å²) in [6.45, 7) is 3.85. The van der Waals surface area contributed by atoms with E-state index in [0.717, 1.165) is 5.56 Å². The summed E-state index contributed by atoms with van der Waals surface area (Å²) in [6.07, 6.45) is 3.41. The average molecular weight is 175 g/mol. The third-order valence-corrected chi connectivity index (χ3v) is 1.69. The molecule has 0 aliphatic carbocycles. The van der Waals surface area contributed by atoms with Gasteiger partial charge < -0.3 is 5.32 Å². The average Bonchev–Trinajstić information content (AvgIpc) is 2.15. The number of nitrogens with one attached hydrogen (secondary N) is 1. The summed E-state index contributed by atoms with van der Waals surface area (Å²) in [5.74, 6) is -0.0712. The van der Waals surface area contributed by atoms with Gasteiger partial charge in [-0.1, -0.05) is 23.8 Å². The minimum atomic E-state index is -0.0712. The topological polar surface area (TPSA) is 29.1 Å². The third kappa shape index (κ3) is 2.75. The predicted octanol–water partition coefficient (Wildman–Crippen LogP) is 2.26. The number of benzene rings is 1. The van der Waals surface area contributed by atoms with Crippen LogP contribution in [0.5, 0.6) is 0 Å². The van der Waals surface area contributed by atoms with Crippen LogP contribution in [0.25, 0.3) is 0 Å². The largest absolute Gasteiger partial charge is 0.329 e. The normalized spacial score (nSPS) is 10.3. The highest BCUT2D eigenvalue weighted by molar-refractivity contribution is 5.94. The van der Waals surface area contributed by atoms with E-state index in [2.05, 4.69) is 5.32 Å². The summed E-state index contributed by atoms with van der Waals surface area (Å²) >= 11 is 0. The van der Waals surface area contributed by atoms with Gasteiger partial charge in [0.25, 0.3) is 5.91 Å². The Morgan fingerprint density at radius 2 is 1.92 bits per heavy atom. The minimum absolute atomic E-state index is 0.0712. The quantitative estimate of drug-likeness (QED) is 0.734. The van der Waals surface area contributed by atoms with Crippen LogP contribution in [0.3, 0.4) is 0 Å². The maximum Gasteiger partial charge on any atom is 0.255 e. The van der Waals surface area contributed by atoms with Crippen LogP contribution in [0.1, 0.15) is 22.8 Å². The minimum Gasteiger partial charge on any atom is -0.329 e. The molecule has 0 fully saturated rings. The first-order valence-electron chi connectivity index (χ1n) is 4.22. The van der Waals surface area contributed by atoms with Crippen molar-refractivity contribution in [2.24, 2.45) is 0 Å². The van der Waals surface area contributed by atoms with E-state index in [1.807, 2.05) is 38.1 Å². The van der Waals surface area contributed by atoms with Gasteiger partial charge in [-0.2, -0.15) is 0 Å². The summed E-state index contributed by atoms with van der Waals surface area (Å²) in [6, 6.07) is 7.47. The maximum atomic E-state index is 11.4. The molecule has 1 rings (SSSR count). The molecule has 1 aromatic rings. The van der Waals surface area contributed by atoms with Crippen LogP contribution >= 0.6 is 0 Å². The molecule has 0 spiro atoms. The summed E-state index contributed by atoms with van der Waals surface area (Å²) in [5, 5.41) is 2.65. The Labute approximate surface area is 78.3 Å². The van der Waals surface area contributed by atoms with Gasteiger partial charge in [0.1, 0.15) is 0 Å². The number of aryl methyl sites for hydroxylation is 1. The molecule has 0 saturated carbocycles. The van der Waals surface area contributed by atoms with Crippen molar-refractivity contribution in [3.05, 3.63) is 47.7 Å². The molecule has 68 valence electrons. The molecular formula is C11H13NO. The van der Waals surface area contributed by atoms with Crippen molar-refractivity contribution in [2.75, 3.05) is 0 Å². The molecule has 0 aliphatic heterocycles. The molecule has 1 amide bonds. The second kappa shape index (κ2) is 4.45. The molecule has 13 heavy (non-hydrogen) atoms. The second-order valence-electron chi connectivity index (χ2n) is 2.84. The van der Waals surface area contributed by atoms with E-state index in [1.54, 1.807) is 12.3 Å². The van der Waals surface area contributed by atoms with Crippen molar-refractivity contribution in [2.45, 2.75) is 13.8 Å². The van der Waals surface area contributed by atoms with Crippen molar-refractivity contribution in [1.82, 2.24) is 5.32 Å². The zero-order valence-corrected chi connectivity index (χ0v) is 7.87. The molecule has 0 unspecified atom stereocenters. The fourth-order valence-electron chi connectivity index (χ4n) is 0.947. The Morgan fingerprint density at radius 3 is 2.46 bits per heavy atom. The molecule has 0 radical (unpaired) electrons. The Balaban J connectivity index is 2.72. The predicted molar refractivity (Wildman–Crippen MR) is 53.5 cm³/mol. The fourth-order valence-corrected chi connectivity index (χ4v) is 0.947. The van der Waals surface area contributed by atoms with Crippen LogP contribution in [0.15, 0.2) is 36.5 Å². The van der Waals surface area contributed by atoms with E-state index in [-0.39, 0.29) is 5.91 Å². The summed E-state index contributed by atoms with van der Waals surface area (Å²) in [4.78, 5) is 11.4. The second-order valence-corrected chi connectivity index (χ2v) is 2.84. The Hall–Kier alpha value is -1.57. The van der Waals surface area contributed by atoms with Crippen LogP contribution in [0, 0.1) is 6.92 Å². The van der Waals surface area contributed by atoms with Gasteiger partial charge in [-0.05, 0) is 32.2 Å². The van der Waals surface area contributed by atoms with Crippen LogP contribution in [-0.4, -0.2) is 5.91 Å². The van der Waals surface area contributed by atoms with Crippen molar-refractivity contribution in [3.63, 3.8) is 0 Å². The molecule has 0 atom stereocenters. The number of carbonyl (C=O) groups is 1. The molecule has 0 saturated heterocycles. The van der Waals surface area contributed by atoms with Gasteiger partial charge in [0.15, 0.2) is 0 Å². The monoisotopic (exact) mass is 175 g/mol. The molecule has 2 nitrogen and oxygen atoms in total. The zero-order valence-electron chi connectivity index (χ0n) is 7.87. The van der Waals surface area contributed by atoms with Crippen LogP contribution in [0.2, 0.25) is 0 Å². The van der Waals surface area contributed by atoms with Gasteiger partial charge in [0.2, 0.25) is 0 Å². The number of allylic oxidation sites excluding steroid dienone is 1. The standard InChI is InChI=1S/C11H13NO/c1-3-8-12-11(13)10-6-4-9(2)5-7-10/h3-8H,1-2H3,(H,12,13)/b8-3-. The first-order chi connectivity index (χ1) is 6.24. The summed E-state index contributed by atoms with van der Waals surface area (Å²) in [5.41, 5.74) is 1.84. The molecule has 1 N–H and O–H groups in total. The maximum absolute atomic E-state index is 11.4. The Bertz CT molecular complexity index is 311. The lowest BCUT2D eigenvalue weighted by Crippen LogP contribution is -2.16. The number of hydrogen-bond donors (Lipinski definition) is 1. The van der Waals surface area contributed by atoms with E-state index in [0.29, 0.717) is 5.56 Å². The number of rotatable bonds is 2. The van der Waals surface area contributed by atoms with E-state index < -0.39 is 0 Å². The lowest BCUT2D eigenvalue weighted by Gasteiger charge is -1.99.